The number of anilines is 1. The third-order valence-electron chi connectivity index (χ3n) is 5.25. The van der Waals surface area contributed by atoms with E-state index < -0.39 is 0 Å². The molecule has 4 rings (SSSR count). The highest BCUT2D eigenvalue weighted by Crippen LogP contribution is 2.39. The van der Waals surface area contributed by atoms with Crippen molar-refractivity contribution >= 4 is 16.6 Å². The van der Waals surface area contributed by atoms with Crippen molar-refractivity contribution in [1.82, 2.24) is 10.3 Å². The fraction of sp³-hybridized carbons (Fsp3) is 0.526. The standard InChI is InChI=1S/C19H25N3O2/c1-23-17-8-14-16(9-18(17)24-2)22-15-5-3-4-13(15)19(14)21-11-12-6-7-20-10-12/h8-9,12,20H,3-7,10-11H2,1-2H3,(H,21,22). The van der Waals surface area contributed by atoms with E-state index in [0.29, 0.717) is 5.92 Å². The number of nitrogens with zero attached hydrogens (tertiary/aromatic N) is 1. The normalized spacial score (nSPS) is 19.5. The molecule has 1 atom stereocenters. The highest BCUT2D eigenvalue weighted by molar-refractivity contribution is 5.96. The first-order valence-corrected chi connectivity index (χ1v) is 8.82. The Morgan fingerprint density at radius 1 is 1.21 bits per heavy atom. The summed E-state index contributed by atoms with van der Waals surface area (Å²) in [6.07, 6.45) is 4.61. The van der Waals surface area contributed by atoms with E-state index in [1.807, 2.05) is 6.07 Å². The maximum atomic E-state index is 5.51. The number of aryl methyl sites for hydroxylation is 1. The van der Waals surface area contributed by atoms with Crippen LogP contribution in [-0.4, -0.2) is 38.8 Å². The molecular formula is C19H25N3O2. The molecule has 1 unspecified atom stereocenters. The van der Waals surface area contributed by atoms with E-state index in [4.69, 9.17) is 14.5 Å². The van der Waals surface area contributed by atoms with Crippen LogP contribution in [0.1, 0.15) is 24.1 Å². The SMILES string of the molecule is COc1cc2nc3c(c(NCC4CCNC4)c2cc1OC)CCC3. The minimum Gasteiger partial charge on any atom is -0.493 e. The first-order valence-electron chi connectivity index (χ1n) is 8.82. The van der Waals surface area contributed by atoms with Crippen molar-refractivity contribution < 1.29 is 9.47 Å². The summed E-state index contributed by atoms with van der Waals surface area (Å²) in [4.78, 5) is 4.89. The molecule has 1 aromatic heterocycles. The number of methoxy groups -OCH3 is 2. The summed E-state index contributed by atoms with van der Waals surface area (Å²) in [7, 11) is 3.35. The largest absolute Gasteiger partial charge is 0.493 e. The van der Waals surface area contributed by atoms with Crippen LogP contribution in [0.15, 0.2) is 12.1 Å². The molecule has 1 aliphatic heterocycles. The van der Waals surface area contributed by atoms with Crippen LogP contribution in [0.5, 0.6) is 11.5 Å². The first kappa shape index (κ1) is 15.5. The highest BCUT2D eigenvalue weighted by atomic mass is 16.5. The minimum atomic E-state index is 0.699. The Labute approximate surface area is 142 Å². The molecule has 2 aliphatic rings. The molecule has 1 saturated heterocycles. The van der Waals surface area contributed by atoms with Gasteiger partial charge in [0.05, 0.1) is 19.7 Å². The van der Waals surface area contributed by atoms with E-state index in [9.17, 15) is 0 Å². The van der Waals surface area contributed by atoms with E-state index in [0.717, 1.165) is 54.9 Å². The summed E-state index contributed by atoms with van der Waals surface area (Å²) in [5, 5.41) is 8.32. The molecule has 1 aliphatic carbocycles. The number of ether oxygens (including phenoxy) is 2. The zero-order chi connectivity index (χ0) is 16.5. The molecule has 0 saturated carbocycles. The van der Waals surface area contributed by atoms with Gasteiger partial charge in [0.25, 0.3) is 0 Å². The van der Waals surface area contributed by atoms with E-state index in [2.05, 4.69) is 16.7 Å². The second-order valence-corrected chi connectivity index (χ2v) is 6.73. The average Bonchev–Trinajstić information content (AvgIpc) is 3.28. The number of benzene rings is 1. The van der Waals surface area contributed by atoms with Gasteiger partial charge in [0.15, 0.2) is 11.5 Å². The summed E-state index contributed by atoms with van der Waals surface area (Å²) in [6, 6.07) is 4.06. The van der Waals surface area contributed by atoms with Gasteiger partial charge in [-0.15, -0.1) is 0 Å². The minimum absolute atomic E-state index is 0.699. The van der Waals surface area contributed by atoms with Gasteiger partial charge in [-0.1, -0.05) is 0 Å². The molecule has 2 aromatic rings. The fourth-order valence-electron chi connectivity index (χ4n) is 3.93. The zero-order valence-electron chi connectivity index (χ0n) is 14.4. The Balaban J connectivity index is 1.78. The van der Waals surface area contributed by atoms with Crippen molar-refractivity contribution in [2.75, 3.05) is 39.2 Å². The molecular weight excluding hydrogens is 302 g/mol. The molecule has 2 heterocycles. The predicted octanol–water partition coefficient (Wildman–Crippen LogP) is 2.76. The van der Waals surface area contributed by atoms with Crippen LogP contribution in [0.4, 0.5) is 5.69 Å². The number of pyridine rings is 1. The number of hydrogen-bond acceptors (Lipinski definition) is 5. The Morgan fingerprint density at radius 2 is 2.04 bits per heavy atom. The van der Waals surface area contributed by atoms with Crippen molar-refractivity contribution in [3.8, 4) is 11.5 Å². The lowest BCUT2D eigenvalue weighted by atomic mass is 10.0. The lowest BCUT2D eigenvalue weighted by Gasteiger charge is -2.18. The van der Waals surface area contributed by atoms with Crippen LogP contribution in [-0.2, 0) is 12.8 Å². The van der Waals surface area contributed by atoms with Gasteiger partial charge in [0, 0.05) is 29.4 Å². The summed E-state index contributed by atoms with van der Waals surface area (Å²) in [5.74, 6) is 2.20. The number of aromatic nitrogens is 1. The van der Waals surface area contributed by atoms with E-state index in [1.165, 1.54) is 29.8 Å². The number of fused-ring (bicyclic) bond motifs is 2. The molecule has 128 valence electrons. The van der Waals surface area contributed by atoms with Crippen LogP contribution >= 0.6 is 0 Å². The van der Waals surface area contributed by atoms with Gasteiger partial charge in [-0.3, -0.25) is 4.98 Å². The number of hydrogen-bond donors (Lipinski definition) is 2. The van der Waals surface area contributed by atoms with Crippen LogP contribution in [0.25, 0.3) is 10.9 Å². The van der Waals surface area contributed by atoms with Gasteiger partial charge in [-0.25, -0.2) is 0 Å². The van der Waals surface area contributed by atoms with Crippen molar-refractivity contribution in [3.63, 3.8) is 0 Å². The molecule has 1 aromatic carbocycles. The monoisotopic (exact) mass is 327 g/mol. The molecule has 5 heteroatoms. The molecule has 0 amide bonds. The lowest BCUT2D eigenvalue weighted by molar-refractivity contribution is 0.356. The Morgan fingerprint density at radius 3 is 2.79 bits per heavy atom. The number of nitrogens with one attached hydrogen (secondary N) is 2. The van der Waals surface area contributed by atoms with Crippen molar-refractivity contribution in [3.05, 3.63) is 23.4 Å². The molecule has 2 N–H and O–H groups in total. The third-order valence-corrected chi connectivity index (χ3v) is 5.25. The molecule has 5 nitrogen and oxygen atoms in total. The maximum absolute atomic E-state index is 5.51. The smallest absolute Gasteiger partial charge is 0.162 e. The van der Waals surface area contributed by atoms with Crippen LogP contribution in [0, 0.1) is 5.92 Å². The Bertz CT molecular complexity index is 754. The summed E-state index contributed by atoms with van der Waals surface area (Å²) in [5.41, 5.74) is 4.86. The van der Waals surface area contributed by atoms with Gasteiger partial charge in [-0.05, 0) is 56.3 Å². The van der Waals surface area contributed by atoms with Crippen LogP contribution in [0.3, 0.4) is 0 Å². The summed E-state index contributed by atoms with van der Waals surface area (Å²) >= 11 is 0. The van der Waals surface area contributed by atoms with Gasteiger partial charge in [0.2, 0.25) is 0 Å². The molecule has 0 radical (unpaired) electrons. The molecule has 24 heavy (non-hydrogen) atoms. The Hall–Kier alpha value is -2.01. The van der Waals surface area contributed by atoms with Crippen LogP contribution < -0.4 is 20.1 Å². The van der Waals surface area contributed by atoms with Crippen LogP contribution in [0.2, 0.25) is 0 Å². The fourth-order valence-corrected chi connectivity index (χ4v) is 3.93. The van der Waals surface area contributed by atoms with Gasteiger partial charge in [-0.2, -0.15) is 0 Å². The number of rotatable bonds is 5. The molecule has 0 bridgehead atoms. The average molecular weight is 327 g/mol. The predicted molar refractivity (Wildman–Crippen MR) is 96.3 cm³/mol. The summed E-state index contributed by atoms with van der Waals surface area (Å²) in [6.45, 7) is 3.24. The van der Waals surface area contributed by atoms with Gasteiger partial charge >= 0.3 is 0 Å². The summed E-state index contributed by atoms with van der Waals surface area (Å²) < 4.78 is 11.0. The van der Waals surface area contributed by atoms with Crippen molar-refractivity contribution in [2.24, 2.45) is 5.92 Å². The Kier molecular flexibility index (Phi) is 4.19. The van der Waals surface area contributed by atoms with Crippen molar-refractivity contribution in [2.45, 2.75) is 25.7 Å². The third kappa shape index (κ3) is 2.67. The zero-order valence-corrected chi connectivity index (χ0v) is 14.4. The topological polar surface area (TPSA) is 55.4 Å². The van der Waals surface area contributed by atoms with Crippen molar-refractivity contribution in [1.29, 1.82) is 0 Å². The second-order valence-electron chi connectivity index (χ2n) is 6.73. The first-order chi connectivity index (χ1) is 11.8. The quantitative estimate of drug-likeness (QED) is 0.884. The van der Waals surface area contributed by atoms with E-state index in [1.54, 1.807) is 14.2 Å². The van der Waals surface area contributed by atoms with Gasteiger partial charge in [0.1, 0.15) is 0 Å². The van der Waals surface area contributed by atoms with E-state index in [-0.39, 0.29) is 0 Å². The highest BCUT2D eigenvalue weighted by Gasteiger charge is 2.22. The molecule has 0 spiro atoms. The lowest BCUT2D eigenvalue weighted by Crippen LogP contribution is -2.18. The van der Waals surface area contributed by atoms with Gasteiger partial charge < -0.3 is 20.1 Å². The van der Waals surface area contributed by atoms with E-state index >= 15 is 0 Å². The molecule has 1 fully saturated rings. The maximum Gasteiger partial charge on any atom is 0.162 e. The second kappa shape index (κ2) is 6.48.